The Morgan fingerprint density at radius 2 is 1.24 bits per heavy atom. The van der Waals surface area contributed by atoms with Crippen LogP contribution in [0.4, 0.5) is 11.4 Å². The minimum atomic E-state index is -1.24. The van der Waals surface area contributed by atoms with Crippen LogP contribution >= 0.6 is 0 Å². The van der Waals surface area contributed by atoms with Crippen LogP contribution in [0.1, 0.15) is 11.1 Å². The molecule has 0 fully saturated rings. The Kier molecular flexibility index (Phi) is 7.39. The molecule has 0 amide bonds. The first kappa shape index (κ1) is 21.5. The second kappa shape index (κ2) is 9.95. The summed E-state index contributed by atoms with van der Waals surface area (Å²) in [4.78, 5) is 15.0. The molecule has 2 rings (SSSR count). The van der Waals surface area contributed by atoms with Crippen molar-refractivity contribution in [2.24, 2.45) is 0 Å². The van der Waals surface area contributed by atoms with Crippen LogP contribution in [-0.2, 0) is 4.79 Å². The Hall–Kier alpha value is -3.78. The van der Waals surface area contributed by atoms with Crippen LogP contribution in [0, 0.1) is 11.3 Å². The first-order chi connectivity index (χ1) is 13.8. The Morgan fingerprint density at radius 3 is 1.59 bits per heavy atom. The second-order valence-corrected chi connectivity index (χ2v) is 6.85. The van der Waals surface area contributed by atoms with Crippen LogP contribution in [0.15, 0.2) is 78.4 Å². The molecule has 0 heterocycles. The molecular formula is C24H25N3O2. The molecule has 29 heavy (non-hydrogen) atoms. The number of benzene rings is 2. The Balaban J connectivity index is 2.45. The third-order valence-electron chi connectivity index (χ3n) is 4.38. The van der Waals surface area contributed by atoms with Gasteiger partial charge in [-0.3, -0.25) is 0 Å². The highest BCUT2D eigenvalue weighted by Gasteiger charge is 2.07. The predicted molar refractivity (Wildman–Crippen MR) is 119 cm³/mol. The Labute approximate surface area is 172 Å². The first-order valence-electron chi connectivity index (χ1n) is 9.11. The van der Waals surface area contributed by atoms with Crippen molar-refractivity contribution in [1.29, 1.82) is 5.26 Å². The minimum absolute atomic E-state index is 0.304. The summed E-state index contributed by atoms with van der Waals surface area (Å²) in [6.45, 7) is 0. The standard InChI is InChI=1S/C24H25N3O2/c1-26(2)21-13-9-18(10-14-21)23(8-6-5-7-20(17-25)24(28)29)19-11-15-22(16-12-19)27(3)4/h5-16H,1-4H3,(H,28,29)/b6-5+,20-7+. The molecule has 5 nitrogen and oxygen atoms in total. The molecule has 2 aromatic rings. The van der Waals surface area contributed by atoms with Gasteiger partial charge < -0.3 is 14.9 Å². The van der Waals surface area contributed by atoms with Crippen molar-refractivity contribution in [3.05, 3.63) is 89.5 Å². The summed E-state index contributed by atoms with van der Waals surface area (Å²) >= 11 is 0. The lowest BCUT2D eigenvalue weighted by Gasteiger charge is -2.15. The van der Waals surface area contributed by atoms with Crippen molar-refractivity contribution in [3.63, 3.8) is 0 Å². The normalized spacial score (nSPS) is 11.1. The molecule has 0 aliphatic carbocycles. The van der Waals surface area contributed by atoms with Gasteiger partial charge in [-0.2, -0.15) is 5.26 Å². The van der Waals surface area contributed by atoms with Gasteiger partial charge in [0.05, 0.1) is 0 Å². The summed E-state index contributed by atoms with van der Waals surface area (Å²) in [6.07, 6.45) is 6.52. The molecule has 5 heteroatoms. The van der Waals surface area contributed by atoms with E-state index in [4.69, 9.17) is 10.4 Å². The van der Waals surface area contributed by atoms with Crippen LogP contribution in [0.2, 0.25) is 0 Å². The summed E-state index contributed by atoms with van der Waals surface area (Å²) in [5.74, 6) is -1.24. The summed E-state index contributed by atoms with van der Waals surface area (Å²) < 4.78 is 0. The van der Waals surface area contributed by atoms with E-state index in [1.54, 1.807) is 18.2 Å². The molecule has 2 aromatic carbocycles. The molecule has 0 aliphatic heterocycles. The fourth-order valence-electron chi connectivity index (χ4n) is 2.70. The SMILES string of the molecule is CN(C)c1ccc(C(=C/C=C/C=C(\C#N)C(=O)O)c2ccc(N(C)C)cc2)cc1. The topological polar surface area (TPSA) is 67.6 Å². The number of anilines is 2. The number of carbonyl (C=O) groups is 1. The van der Waals surface area contributed by atoms with Crippen LogP contribution in [-0.4, -0.2) is 39.3 Å². The van der Waals surface area contributed by atoms with Crippen molar-refractivity contribution in [2.75, 3.05) is 38.0 Å². The number of allylic oxidation sites excluding steroid dienone is 4. The third-order valence-corrected chi connectivity index (χ3v) is 4.38. The molecule has 0 saturated carbocycles. The molecular weight excluding hydrogens is 362 g/mol. The Morgan fingerprint density at radius 1 is 0.828 bits per heavy atom. The highest BCUT2D eigenvalue weighted by Crippen LogP contribution is 2.27. The van der Waals surface area contributed by atoms with Crippen LogP contribution in [0.25, 0.3) is 5.57 Å². The van der Waals surface area contributed by atoms with E-state index in [0.717, 1.165) is 28.1 Å². The van der Waals surface area contributed by atoms with Gasteiger partial charge in [0.25, 0.3) is 0 Å². The molecule has 1 N–H and O–H groups in total. The molecule has 0 bridgehead atoms. The monoisotopic (exact) mass is 387 g/mol. The van der Waals surface area contributed by atoms with Crippen molar-refractivity contribution < 1.29 is 9.90 Å². The molecule has 0 unspecified atom stereocenters. The lowest BCUT2D eigenvalue weighted by atomic mass is 9.96. The van der Waals surface area contributed by atoms with Crippen molar-refractivity contribution >= 4 is 22.9 Å². The molecule has 148 valence electrons. The zero-order valence-electron chi connectivity index (χ0n) is 17.1. The number of nitriles is 1. The number of aliphatic carboxylic acids is 1. The maximum absolute atomic E-state index is 10.9. The smallest absolute Gasteiger partial charge is 0.346 e. The number of rotatable bonds is 7. The van der Waals surface area contributed by atoms with E-state index in [9.17, 15) is 4.79 Å². The maximum atomic E-state index is 10.9. The van der Waals surface area contributed by atoms with E-state index in [-0.39, 0.29) is 5.57 Å². The van der Waals surface area contributed by atoms with Gasteiger partial charge in [0.1, 0.15) is 11.6 Å². The fourth-order valence-corrected chi connectivity index (χ4v) is 2.70. The molecule has 0 aliphatic rings. The number of carboxylic acid groups (broad SMARTS) is 1. The second-order valence-electron chi connectivity index (χ2n) is 6.85. The number of hydrogen-bond acceptors (Lipinski definition) is 4. The van der Waals surface area contributed by atoms with Crippen molar-refractivity contribution in [3.8, 4) is 6.07 Å². The van der Waals surface area contributed by atoms with Gasteiger partial charge in [0.2, 0.25) is 0 Å². The van der Waals surface area contributed by atoms with E-state index in [1.807, 2.05) is 44.1 Å². The summed E-state index contributed by atoms with van der Waals surface area (Å²) in [5.41, 5.74) is 4.99. The molecule has 0 radical (unpaired) electrons. The molecule has 0 saturated heterocycles. The van der Waals surface area contributed by atoms with Crippen molar-refractivity contribution in [1.82, 2.24) is 0 Å². The maximum Gasteiger partial charge on any atom is 0.346 e. The summed E-state index contributed by atoms with van der Waals surface area (Å²) in [5, 5.41) is 17.8. The number of nitrogens with zero attached hydrogens (tertiary/aromatic N) is 3. The third kappa shape index (κ3) is 5.85. The quantitative estimate of drug-likeness (QED) is 0.435. The highest BCUT2D eigenvalue weighted by molar-refractivity contribution is 5.91. The van der Waals surface area contributed by atoms with E-state index < -0.39 is 5.97 Å². The van der Waals surface area contributed by atoms with E-state index >= 15 is 0 Å². The van der Waals surface area contributed by atoms with Gasteiger partial charge in [-0.25, -0.2) is 4.79 Å². The van der Waals surface area contributed by atoms with Crippen LogP contribution in [0.3, 0.4) is 0 Å². The molecule has 0 aromatic heterocycles. The highest BCUT2D eigenvalue weighted by atomic mass is 16.4. The van der Waals surface area contributed by atoms with Crippen LogP contribution in [0.5, 0.6) is 0 Å². The van der Waals surface area contributed by atoms with Crippen LogP contribution < -0.4 is 9.80 Å². The van der Waals surface area contributed by atoms with Crippen molar-refractivity contribution in [2.45, 2.75) is 0 Å². The molecule has 0 atom stereocenters. The molecule has 0 spiro atoms. The largest absolute Gasteiger partial charge is 0.477 e. The Bertz CT molecular complexity index is 921. The van der Waals surface area contributed by atoms with E-state index in [1.165, 1.54) is 6.08 Å². The van der Waals surface area contributed by atoms with E-state index in [0.29, 0.717) is 0 Å². The number of carboxylic acids is 1. The lowest BCUT2D eigenvalue weighted by molar-refractivity contribution is -0.132. The zero-order chi connectivity index (χ0) is 21.4. The summed E-state index contributed by atoms with van der Waals surface area (Å²) in [7, 11) is 7.98. The van der Waals surface area contributed by atoms with Gasteiger partial charge in [0, 0.05) is 39.6 Å². The average Bonchev–Trinajstić information content (AvgIpc) is 2.70. The number of hydrogen-bond donors (Lipinski definition) is 1. The van der Waals surface area contributed by atoms with Gasteiger partial charge in [-0.15, -0.1) is 0 Å². The summed E-state index contributed by atoms with van der Waals surface area (Å²) in [6, 6.07) is 18.1. The van der Waals surface area contributed by atoms with Gasteiger partial charge in [-0.1, -0.05) is 42.5 Å². The van der Waals surface area contributed by atoms with Gasteiger partial charge >= 0.3 is 5.97 Å². The first-order valence-corrected chi connectivity index (χ1v) is 9.11. The lowest BCUT2D eigenvalue weighted by Crippen LogP contribution is -2.08. The predicted octanol–water partition coefficient (Wildman–Crippen LogP) is 4.34. The van der Waals surface area contributed by atoms with Gasteiger partial charge in [-0.05, 0) is 47.0 Å². The minimum Gasteiger partial charge on any atom is -0.477 e. The average molecular weight is 387 g/mol. The zero-order valence-corrected chi connectivity index (χ0v) is 17.1. The van der Waals surface area contributed by atoms with Gasteiger partial charge in [0.15, 0.2) is 0 Å². The van der Waals surface area contributed by atoms with E-state index in [2.05, 4.69) is 48.5 Å². The fraction of sp³-hybridized carbons (Fsp3) is 0.167.